The van der Waals surface area contributed by atoms with E-state index in [0.29, 0.717) is 24.4 Å². The zero-order valence-electron chi connectivity index (χ0n) is 12.7. The maximum atomic E-state index is 12.9. The van der Waals surface area contributed by atoms with Gasteiger partial charge in [0.15, 0.2) is 0 Å². The molecule has 120 valence electrons. The number of carbonyl (C=O) groups excluding carboxylic acids is 2. The van der Waals surface area contributed by atoms with Gasteiger partial charge in [-0.15, -0.1) is 0 Å². The number of amides is 2. The summed E-state index contributed by atoms with van der Waals surface area (Å²) < 4.78 is 5.26. The average Bonchev–Trinajstić information content (AvgIpc) is 2.98. The van der Waals surface area contributed by atoms with E-state index in [2.05, 4.69) is 5.32 Å². The Kier molecular flexibility index (Phi) is 4.43. The molecule has 1 aliphatic heterocycles. The Morgan fingerprint density at radius 2 is 2.13 bits per heavy atom. The molecule has 3 rings (SSSR count). The van der Waals surface area contributed by atoms with Gasteiger partial charge in [-0.1, -0.05) is 30.3 Å². The van der Waals surface area contributed by atoms with Crippen LogP contribution in [0.25, 0.3) is 0 Å². The van der Waals surface area contributed by atoms with Crippen LogP contribution in [0.15, 0.2) is 47.1 Å². The second-order valence-corrected chi connectivity index (χ2v) is 5.48. The number of nitrogens with zero attached hydrogens (tertiary/aromatic N) is 1. The van der Waals surface area contributed by atoms with E-state index in [0.717, 1.165) is 5.56 Å². The molecule has 1 aliphatic rings. The van der Waals surface area contributed by atoms with E-state index in [1.54, 1.807) is 11.0 Å². The van der Waals surface area contributed by atoms with Crippen LogP contribution in [0, 0.1) is 0 Å². The molecule has 2 aromatic rings. The molecule has 6 heteroatoms. The zero-order valence-corrected chi connectivity index (χ0v) is 12.7. The fourth-order valence-corrected chi connectivity index (χ4v) is 2.81. The van der Waals surface area contributed by atoms with Gasteiger partial charge in [0.2, 0.25) is 5.91 Å². The van der Waals surface area contributed by atoms with Crippen LogP contribution in [0.5, 0.6) is 0 Å². The molecule has 1 aromatic carbocycles. The van der Waals surface area contributed by atoms with Crippen molar-refractivity contribution in [2.24, 2.45) is 5.73 Å². The second kappa shape index (κ2) is 6.66. The highest BCUT2D eigenvalue weighted by atomic mass is 16.3. The highest BCUT2D eigenvalue weighted by Gasteiger charge is 2.30. The predicted octanol–water partition coefficient (Wildman–Crippen LogP) is 1.44. The first-order chi connectivity index (χ1) is 11.2. The SMILES string of the molecule is NCc1cc(C(=O)N2CCNC(=O)CC2c2ccccc2)co1. The molecule has 0 saturated carbocycles. The normalized spacial score (nSPS) is 18.4. The summed E-state index contributed by atoms with van der Waals surface area (Å²) in [6.07, 6.45) is 1.67. The Hall–Kier alpha value is -2.60. The molecule has 2 amide bonds. The maximum absolute atomic E-state index is 12.9. The number of benzene rings is 1. The van der Waals surface area contributed by atoms with E-state index in [-0.39, 0.29) is 30.8 Å². The highest BCUT2D eigenvalue weighted by Crippen LogP contribution is 2.27. The second-order valence-electron chi connectivity index (χ2n) is 5.48. The lowest BCUT2D eigenvalue weighted by atomic mass is 10.0. The standard InChI is InChI=1S/C17H19N3O3/c18-10-14-8-13(11-23-14)17(22)20-7-6-19-16(21)9-15(20)12-4-2-1-3-5-12/h1-5,8,11,15H,6-7,9-10,18H2,(H,19,21). The monoisotopic (exact) mass is 313 g/mol. The Labute approximate surface area is 134 Å². The molecule has 0 spiro atoms. The first kappa shape index (κ1) is 15.3. The Morgan fingerprint density at radius 1 is 1.35 bits per heavy atom. The maximum Gasteiger partial charge on any atom is 0.257 e. The molecule has 1 aromatic heterocycles. The van der Waals surface area contributed by atoms with E-state index in [9.17, 15) is 9.59 Å². The largest absolute Gasteiger partial charge is 0.467 e. The van der Waals surface area contributed by atoms with E-state index in [4.69, 9.17) is 10.2 Å². The van der Waals surface area contributed by atoms with E-state index in [1.807, 2.05) is 30.3 Å². The number of rotatable bonds is 3. The number of nitrogens with one attached hydrogen (secondary N) is 1. The van der Waals surface area contributed by atoms with Gasteiger partial charge >= 0.3 is 0 Å². The van der Waals surface area contributed by atoms with Gasteiger partial charge in [-0.25, -0.2) is 0 Å². The summed E-state index contributed by atoms with van der Waals surface area (Å²) in [5, 5.41) is 2.82. The van der Waals surface area contributed by atoms with Crippen molar-refractivity contribution in [2.75, 3.05) is 13.1 Å². The fourth-order valence-electron chi connectivity index (χ4n) is 2.81. The van der Waals surface area contributed by atoms with Gasteiger partial charge < -0.3 is 20.4 Å². The number of hydrogen-bond acceptors (Lipinski definition) is 4. The van der Waals surface area contributed by atoms with E-state index < -0.39 is 0 Å². The molecule has 1 unspecified atom stereocenters. The van der Waals surface area contributed by atoms with Crippen LogP contribution in [0.3, 0.4) is 0 Å². The minimum absolute atomic E-state index is 0.0519. The van der Waals surface area contributed by atoms with Crippen molar-refractivity contribution in [2.45, 2.75) is 19.0 Å². The van der Waals surface area contributed by atoms with Gasteiger partial charge in [0, 0.05) is 13.1 Å². The molecule has 1 atom stereocenters. The van der Waals surface area contributed by atoms with Crippen molar-refractivity contribution in [1.29, 1.82) is 0 Å². The molecule has 0 aliphatic carbocycles. The van der Waals surface area contributed by atoms with Gasteiger partial charge in [0.25, 0.3) is 5.91 Å². The Balaban J connectivity index is 1.92. The molecule has 0 radical (unpaired) electrons. The van der Waals surface area contributed by atoms with Crippen LogP contribution in [-0.2, 0) is 11.3 Å². The van der Waals surface area contributed by atoms with Crippen LogP contribution >= 0.6 is 0 Å². The van der Waals surface area contributed by atoms with Gasteiger partial charge in [-0.05, 0) is 11.6 Å². The Bertz CT molecular complexity index is 696. The van der Waals surface area contributed by atoms with Crippen LogP contribution in [-0.4, -0.2) is 29.8 Å². The summed E-state index contributed by atoms with van der Waals surface area (Å²) in [5.74, 6) is 0.358. The summed E-state index contributed by atoms with van der Waals surface area (Å²) in [6.45, 7) is 1.14. The van der Waals surface area contributed by atoms with Gasteiger partial charge in [-0.3, -0.25) is 9.59 Å². The summed E-state index contributed by atoms with van der Waals surface area (Å²) in [7, 11) is 0. The highest BCUT2D eigenvalue weighted by molar-refractivity contribution is 5.95. The number of hydrogen-bond donors (Lipinski definition) is 2. The predicted molar refractivity (Wildman–Crippen MR) is 84.4 cm³/mol. The van der Waals surface area contributed by atoms with Gasteiger partial charge in [0.1, 0.15) is 12.0 Å². The first-order valence-electron chi connectivity index (χ1n) is 7.59. The molecule has 6 nitrogen and oxygen atoms in total. The minimum atomic E-state index is -0.289. The van der Waals surface area contributed by atoms with Crippen LogP contribution in [0.2, 0.25) is 0 Å². The summed E-state index contributed by atoms with van der Waals surface area (Å²) in [5.41, 5.74) is 6.93. The average molecular weight is 313 g/mol. The van der Waals surface area contributed by atoms with Crippen molar-refractivity contribution < 1.29 is 14.0 Å². The smallest absolute Gasteiger partial charge is 0.257 e. The van der Waals surface area contributed by atoms with Crippen LogP contribution in [0.4, 0.5) is 0 Å². The van der Waals surface area contributed by atoms with E-state index >= 15 is 0 Å². The molecule has 23 heavy (non-hydrogen) atoms. The third-order valence-electron chi connectivity index (χ3n) is 3.98. The quantitative estimate of drug-likeness (QED) is 0.897. The molecule has 1 fully saturated rings. The topological polar surface area (TPSA) is 88.6 Å². The van der Waals surface area contributed by atoms with Crippen molar-refractivity contribution in [3.05, 3.63) is 59.5 Å². The molecular weight excluding hydrogens is 294 g/mol. The summed E-state index contributed by atoms with van der Waals surface area (Å²) in [4.78, 5) is 26.5. The molecule has 3 N–H and O–H groups in total. The van der Waals surface area contributed by atoms with Crippen molar-refractivity contribution >= 4 is 11.8 Å². The van der Waals surface area contributed by atoms with Gasteiger partial charge in [0.05, 0.1) is 24.6 Å². The van der Waals surface area contributed by atoms with E-state index in [1.165, 1.54) is 6.26 Å². The lowest BCUT2D eigenvalue weighted by Gasteiger charge is -2.29. The summed E-state index contributed by atoms with van der Waals surface area (Å²) in [6, 6.07) is 11.0. The first-order valence-corrected chi connectivity index (χ1v) is 7.59. The minimum Gasteiger partial charge on any atom is -0.467 e. The van der Waals surface area contributed by atoms with Crippen molar-refractivity contribution in [3.63, 3.8) is 0 Å². The number of furan rings is 1. The van der Waals surface area contributed by atoms with Gasteiger partial charge in [-0.2, -0.15) is 0 Å². The lowest BCUT2D eigenvalue weighted by molar-refractivity contribution is -0.121. The summed E-state index contributed by atoms with van der Waals surface area (Å²) >= 11 is 0. The number of nitrogens with two attached hydrogens (primary N) is 1. The molecule has 2 heterocycles. The zero-order chi connectivity index (χ0) is 16.2. The molecule has 0 bridgehead atoms. The third-order valence-corrected chi connectivity index (χ3v) is 3.98. The number of carbonyl (C=O) groups is 2. The van der Waals surface area contributed by atoms with Crippen LogP contribution < -0.4 is 11.1 Å². The molecule has 1 saturated heterocycles. The van der Waals surface area contributed by atoms with Crippen LogP contribution in [0.1, 0.15) is 34.1 Å². The lowest BCUT2D eigenvalue weighted by Crippen LogP contribution is -2.36. The Morgan fingerprint density at radius 3 is 2.83 bits per heavy atom. The third kappa shape index (κ3) is 3.27. The molecular formula is C17H19N3O3. The fraction of sp³-hybridized carbons (Fsp3) is 0.294. The van der Waals surface area contributed by atoms with Crippen molar-refractivity contribution in [3.8, 4) is 0 Å². The van der Waals surface area contributed by atoms with Crippen molar-refractivity contribution in [1.82, 2.24) is 10.2 Å².